The lowest BCUT2D eigenvalue weighted by Gasteiger charge is -2.20. The van der Waals surface area contributed by atoms with E-state index in [2.05, 4.69) is 11.4 Å². The molecule has 0 aliphatic carbocycles. The topological polar surface area (TPSA) is 87.4 Å². The summed E-state index contributed by atoms with van der Waals surface area (Å²) >= 11 is 6.62. The van der Waals surface area contributed by atoms with Crippen molar-refractivity contribution in [1.29, 1.82) is 5.26 Å². The fourth-order valence-corrected chi connectivity index (χ4v) is 4.96. The van der Waals surface area contributed by atoms with E-state index in [9.17, 15) is 14.9 Å². The molecule has 178 valence electrons. The number of pyridine rings is 1. The minimum atomic E-state index is -0.325. The van der Waals surface area contributed by atoms with Gasteiger partial charge in [-0.3, -0.25) is 19.1 Å². The molecule has 1 N–H and O–H groups in total. The molecule has 1 aromatic carbocycles. The minimum absolute atomic E-state index is 0.0856. The van der Waals surface area contributed by atoms with Gasteiger partial charge in [0.2, 0.25) is 0 Å². The van der Waals surface area contributed by atoms with Gasteiger partial charge in [0.25, 0.3) is 11.5 Å². The molecule has 0 bridgehead atoms. The second-order valence-electron chi connectivity index (χ2n) is 7.85. The van der Waals surface area contributed by atoms with Gasteiger partial charge in [0.15, 0.2) is 0 Å². The monoisotopic (exact) mass is 496 g/mol. The van der Waals surface area contributed by atoms with Gasteiger partial charge in [-0.15, -0.1) is 0 Å². The Kier molecular flexibility index (Phi) is 9.05. The summed E-state index contributed by atoms with van der Waals surface area (Å²) in [7, 11) is 1.57. The molecule has 1 amide bonds. The number of benzene rings is 1. The molecule has 3 rings (SSSR count). The molecule has 1 fully saturated rings. The van der Waals surface area contributed by atoms with Gasteiger partial charge in [0, 0.05) is 25.8 Å². The van der Waals surface area contributed by atoms with Crippen molar-refractivity contribution in [1.82, 2.24) is 9.47 Å². The lowest BCUT2D eigenvalue weighted by Crippen LogP contribution is -2.31. The van der Waals surface area contributed by atoms with E-state index >= 15 is 0 Å². The zero-order chi connectivity index (χ0) is 24.7. The van der Waals surface area contributed by atoms with Gasteiger partial charge < -0.3 is 10.1 Å². The first-order valence-electron chi connectivity index (χ1n) is 11.1. The van der Waals surface area contributed by atoms with Crippen LogP contribution in [0.25, 0.3) is 6.08 Å². The maximum atomic E-state index is 13.2. The van der Waals surface area contributed by atoms with Crippen molar-refractivity contribution in [2.75, 3.05) is 25.6 Å². The first-order valence-corrected chi connectivity index (χ1v) is 12.3. The van der Waals surface area contributed by atoms with Crippen LogP contribution in [0.5, 0.6) is 0 Å². The number of anilines is 1. The summed E-state index contributed by atoms with van der Waals surface area (Å²) in [5.41, 5.74) is 2.00. The fraction of sp³-hybridized carbons (Fsp3) is 0.360. The predicted molar refractivity (Wildman–Crippen MR) is 141 cm³/mol. The highest BCUT2D eigenvalue weighted by molar-refractivity contribution is 8.26. The Morgan fingerprint density at radius 3 is 2.62 bits per heavy atom. The van der Waals surface area contributed by atoms with E-state index in [-0.39, 0.29) is 17.0 Å². The van der Waals surface area contributed by atoms with Crippen molar-refractivity contribution in [3.63, 3.8) is 0 Å². The largest absolute Gasteiger partial charge is 0.383 e. The van der Waals surface area contributed by atoms with Crippen LogP contribution in [0, 0.1) is 18.3 Å². The highest BCUT2D eigenvalue weighted by atomic mass is 32.2. The van der Waals surface area contributed by atoms with Crippen LogP contribution in [0.4, 0.5) is 5.82 Å². The highest BCUT2D eigenvalue weighted by Gasteiger charge is 2.32. The third kappa shape index (κ3) is 5.58. The quantitative estimate of drug-likeness (QED) is 0.388. The highest BCUT2D eigenvalue weighted by Crippen LogP contribution is 2.35. The van der Waals surface area contributed by atoms with Gasteiger partial charge in [0.1, 0.15) is 21.8 Å². The summed E-state index contributed by atoms with van der Waals surface area (Å²) < 4.78 is 7.18. The number of carbonyl (C=O) groups is 1. The van der Waals surface area contributed by atoms with Crippen molar-refractivity contribution in [3.8, 4) is 6.07 Å². The molecule has 0 spiro atoms. The van der Waals surface area contributed by atoms with Crippen LogP contribution in [0.15, 0.2) is 40.0 Å². The molecule has 1 aliphatic heterocycles. The van der Waals surface area contributed by atoms with Crippen LogP contribution in [0.2, 0.25) is 0 Å². The number of thiocarbonyl (C=S) groups is 1. The van der Waals surface area contributed by atoms with Gasteiger partial charge in [-0.25, -0.2) is 0 Å². The van der Waals surface area contributed by atoms with Crippen LogP contribution < -0.4 is 10.9 Å². The number of hydrogen-bond donors (Lipinski definition) is 1. The molecule has 1 saturated heterocycles. The molecule has 1 aliphatic rings. The molecule has 0 unspecified atom stereocenters. The second kappa shape index (κ2) is 12.0. The molecule has 2 heterocycles. The van der Waals surface area contributed by atoms with Crippen molar-refractivity contribution in [2.24, 2.45) is 0 Å². The molecular formula is C25H28N4O3S2. The van der Waals surface area contributed by atoms with Crippen molar-refractivity contribution < 1.29 is 9.53 Å². The molecule has 34 heavy (non-hydrogen) atoms. The summed E-state index contributed by atoms with van der Waals surface area (Å²) in [6.45, 7) is 5.51. The number of nitriles is 1. The number of amides is 1. The number of methoxy groups -OCH3 is 1. The van der Waals surface area contributed by atoms with E-state index in [0.29, 0.717) is 52.4 Å². The Balaban J connectivity index is 2.13. The zero-order valence-electron chi connectivity index (χ0n) is 19.6. The molecule has 7 nitrogen and oxygen atoms in total. The lowest BCUT2D eigenvalue weighted by molar-refractivity contribution is -0.122. The Hall–Kier alpha value is -2.93. The molecular weight excluding hydrogens is 468 g/mol. The maximum absolute atomic E-state index is 13.2. The van der Waals surface area contributed by atoms with Gasteiger partial charge in [-0.1, -0.05) is 67.7 Å². The average Bonchev–Trinajstić information content (AvgIpc) is 3.10. The number of thioether (sulfide) groups is 1. The third-order valence-electron chi connectivity index (χ3n) is 5.58. The van der Waals surface area contributed by atoms with Crippen LogP contribution in [0.1, 0.15) is 42.0 Å². The number of nitrogens with zero attached hydrogens (tertiary/aromatic N) is 3. The van der Waals surface area contributed by atoms with Crippen LogP contribution in [-0.4, -0.2) is 40.0 Å². The normalized spacial score (nSPS) is 14.6. The molecule has 0 radical (unpaired) electrons. The van der Waals surface area contributed by atoms with Crippen LogP contribution in [-0.2, 0) is 22.6 Å². The van der Waals surface area contributed by atoms with E-state index in [0.717, 1.165) is 18.4 Å². The Bertz CT molecular complexity index is 1200. The summed E-state index contributed by atoms with van der Waals surface area (Å²) in [5, 5.41) is 13.2. The number of aromatic nitrogens is 1. The molecule has 1 aromatic heterocycles. The summed E-state index contributed by atoms with van der Waals surface area (Å²) in [6, 6.07) is 11.9. The van der Waals surface area contributed by atoms with Gasteiger partial charge in [0.05, 0.1) is 18.1 Å². The standard InChI is InChI=1S/C25H28N4O3S2/c1-4-5-11-28-22(27-16-18-9-7-6-8-10-18)19(17(2)20(15-26)23(28)30)14-21-24(31)29(12-13-32-3)25(33)34-21/h6-10,14,27H,4-5,11-13,16H2,1-3H3/b21-14+. The zero-order valence-corrected chi connectivity index (χ0v) is 21.2. The van der Waals surface area contributed by atoms with E-state index < -0.39 is 0 Å². The molecule has 9 heteroatoms. The van der Waals surface area contributed by atoms with Gasteiger partial charge in [-0.05, 0) is 30.5 Å². The summed E-state index contributed by atoms with van der Waals surface area (Å²) in [6.07, 6.45) is 3.43. The van der Waals surface area contributed by atoms with Crippen molar-refractivity contribution >= 4 is 46.1 Å². The average molecular weight is 497 g/mol. The van der Waals surface area contributed by atoms with Gasteiger partial charge >= 0.3 is 0 Å². The van der Waals surface area contributed by atoms with Crippen molar-refractivity contribution in [2.45, 2.75) is 39.8 Å². The number of carbonyl (C=O) groups excluding carboxylic acids is 1. The Morgan fingerprint density at radius 2 is 1.97 bits per heavy atom. The first-order chi connectivity index (χ1) is 16.4. The smallest absolute Gasteiger partial charge is 0.270 e. The number of nitrogens with one attached hydrogen (secondary N) is 1. The Morgan fingerprint density at radius 1 is 1.24 bits per heavy atom. The molecule has 0 saturated carbocycles. The second-order valence-corrected chi connectivity index (χ2v) is 9.53. The number of ether oxygens (including phenoxy) is 1. The minimum Gasteiger partial charge on any atom is -0.383 e. The van der Waals surface area contributed by atoms with Gasteiger partial charge in [-0.2, -0.15) is 5.26 Å². The van der Waals surface area contributed by atoms with Crippen LogP contribution in [0.3, 0.4) is 0 Å². The lowest BCUT2D eigenvalue weighted by atomic mass is 10.0. The Labute approximate surface area is 209 Å². The van der Waals surface area contributed by atoms with Crippen LogP contribution >= 0.6 is 24.0 Å². The maximum Gasteiger partial charge on any atom is 0.270 e. The SMILES string of the molecule is CCCCn1c(NCc2ccccc2)c(/C=C2/SC(=S)N(CCOC)C2=O)c(C)c(C#N)c1=O. The molecule has 0 atom stereocenters. The molecule has 2 aromatic rings. The summed E-state index contributed by atoms with van der Waals surface area (Å²) in [4.78, 5) is 28.2. The number of rotatable bonds is 10. The summed E-state index contributed by atoms with van der Waals surface area (Å²) in [5.74, 6) is 0.395. The number of unbranched alkanes of at least 4 members (excludes halogenated alkanes) is 1. The van der Waals surface area contributed by atoms with E-state index in [1.54, 1.807) is 24.7 Å². The fourth-order valence-electron chi connectivity index (χ4n) is 3.67. The number of hydrogen-bond acceptors (Lipinski definition) is 7. The first kappa shape index (κ1) is 25.7. The van der Waals surface area contributed by atoms with E-state index in [1.165, 1.54) is 16.7 Å². The van der Waals surface area contributed by atoms with E-state index in [1.807, 2.05) is 37.3 Å². The third-order valence-corrected chi connectivity index (χ3v) is 6.96. The predicted octanol–water partition coefficient (Wildman–Crippen LogP) is 4.29. The van der Waals surface area contributed by atoms with Crippen molar-refractivity contribution in [3.05, 3.63) is 67.8 Å². The van der Waals surface area contributed by atoms with E-state index in [4.69, 9.17) is 17.0 Å².